The molecule has 0 aliphatic carbocycles. The van der Waals surface area contributed by atoms with Gasteiger partial charge in [-0.1, -0.05) is 13.8 Å². The number of rotatable bonds is 4. The first-order valence-electron chi connectivity index (χ1n) is 6.33. The molecule has 0 radical (unpaired) electrons. The molecule has 7 heteroatoms. The highest BCUT2D eigenvalue weighted by atomic mass is 32.2. The Morgan fingerprint density at radius 1 is 1.15 bits per heavy atom. The van der Waals surface area contributed by atoms with E-state index in [1.807, 2.05) is 19.9 Å². The molecule has 0 amide bonds. The van der Waals surface area contributed by atoms with Crippen LogP contribution in [0.25, 0.3) is 0 Å². The second-order valence-electron chi connectivity index (χ2n) is 4.78. The van der Waals surface area contributed by atoms with Gasteiger partial charge in [0.05, 0.1) is 0 Å². The zero-order chi connectivity index (χ0) is 14.7. The molecule has 0 fully saturated rings. The summed E-state index contributed by atoms with van der Waals surface area (Å²) < 4.78 is 0. The van der Waals surface area contributed by atoms with Crippen LogP contribution in [0.1, 0.15) is 36.7 Å². The van der Waals surface area contributed by atoms with E-state index >= 15 is 0 Å². The van der Waals surface area contributed by atoms with Gasteiger partial charge in [0.15, 0.2) is 5.16 Å². The van der Waals surface area contributed by atoms with Crippen LogP contribution in [0.3, 0.4) is 0 Å². The third kappa shape index (κ3) is 3.23. The van der Waals surface area contributed by atoms with Gasteiger partial charge < -0.3 is 5.43 Å². The van der Waals surface area contributed by atoms with E-state index in [1.54, 1.807) is 0 Å². The van der Waals surface area contributed by atoms with Gasteiger partial charge in [0.25, 0.3) is 0 Å². The molecule has 0 aromatic carbocycles. The molecule has 2 aromatic rings. The largest absolute Gasteiger partial charge is 0.308 e. The standard InChI is InChI=1S/C13H18N6S/c1-7(2)10-11(19-14)15-6-16-12(10)20-13-17-8(3)5-9(4)18-13/h5-7H,14H2,1-4H3,(H,15,16,19). The van der Waals surface area contributed by atoms with Crippen molar-refractivity contribution in [2.75, 3.05) is 5.43 Å². The summed E-state index contributed by atoms with van der Waals surface area (Å²) in [5.74, 6) is 6.40. The second kappa shape index (κ2) is 6.15. The highest BCUT2D eigenvalue weighted by Gasteiger charge is 2.16. The van der Waals surface area contributed by atoms with Crippen molar-refractivity contribution in [2.24, 2.45) is 5.84 Å². The summed E-state index contributed by atoms with van der Waals surface area (Å²) in [6.45, 7) is 8.06. The average Bonchev–Trinajstić information content (AvgIpc) is 2.36. The third-order valence-corrected chi connectivity index (χ3v) is 3.59. The van der Waals surface area contributed by atoms with Crippen molar-refractivity contribution in [3.05, 3.63) is 29.3 Å². The summed E-state index contributed by atoms with van der Waals surface area (Å²) >= 11 is 1.43. The third-order valence-electron chi connectivity index (χ3n) is 2.71. The number of hydrazine groups is 1. The lowest BCUT2D eigenvalue weighted by Crippen LogP contribution is -2.13. The van der Waals surface area contributed by atoms with Gasteiger partial charge in [-0.05, 0) is 37.6 Å². The summed E-state index contributed by atoms with van der Waals surface area (Å²) in [7, 11) is 0. The summed E-state index contributed by atoms with van der Waals surface area (Å²) in [5, 5.41) is 1.51. The fourth-order valence-corrected chi connectivity index (χ4v) is 3.02. The van der Waals surface area contributed by atoms with Crippen molar-refractivity contribution in [3.63, 3.8) is 0 Å². The monoisotopic (exact) mass is 290 g/mol. The summed E-state index contributed by atoms with van der Waals surface area (Å²) in [5.41, 5.74) is 5.48. The van der Waals surface area contributed by atoms with Crippen LogP contribution in [0.15, 0.2) is 22.6 Å². The van der Waals surface area contributed by atoms with Crippen molar-refractivity contribution < 1.29 is 0 Å². The van der Waals surface area contributed by atoms with Crippen LogP contribution >= 0.6 is 11.8 Å². The zero-order valence-corrected chi connectivity index (χ0v) is 12.8. The van der Waals surface area contributed by atoms with Crippen LogP contribution in [0.5, 0.6) is 0 Å². The van der Waals surface area contributed by atoms with Crippen LogP contribution < -0.4 is 11.3 Å². The van der Waals surface area contributed by atoms with E-state index in [0.717, 1.165) is 22.0 Å². The van der Waals surface area contributed by atoms with Gasteiger partial charge in [-0.2, -0.15) is 0 Å². The molecule has 0 aliphatic heterocycles. The molecule has 0 bridgehead atoms. The molecule has 0 unspecified atom stereocenters. The van der Waals surface area contributed by atoms with Crippen molar-refractivity contribution in [3.8, 4) is 0 Å². The van der Waals surface area contributed by atoms with Gasteiger partial charge in [0, 0.05) is 17.0 Å². The minimum Gasteiger partial charge on any atom is -0.308 e. The number of nitrogens with one attached hydrogen (secondary N) is 1. The summed E-state index contributed by atoms with van der Waals surface area (Å²) in [6, 6.07) is 1.94. The molecule has 0 saturated carbocycles. The lowest BCUT2D eigenvalue weighted by molar-refractivity contribution is 0.800. The van der Waals surface area contributed by atoms with Crippen molar-refractivity contribution >= 4 is 17.6 Å². The molecule has 20 heavy (non-hydrogen) atoms. The number of aromatic nitrogens is 4. The quantitative estimate of drug-likeness (QED) is 0.387. The van der Waals surface area contributed by atoms with Gasteiger partial charge in [-0.15, -0.1) is 0 Å². The zero-order valence-electron chi connectivity index (χ0n) is 12.0. The highest BCUT2D eigenvalue weighted by molar-refractivity contribution is 7.99. The molecule has 2 aromatic heterocycles. The fourth-order valence-electron chi connectivity index (χ4n) is 1.92. The fraction of sp³-hybridized carbons (Fsp3) is 0.385. The molecular weight excluding hydrogens is 272 g/mol. The Morgan fingerprint density at radius 2 is 1.80 bits per heavy atom. The van der Waals surface area contributed by atoms with E-state index in [0.29, 0.717) is 11.0 Å². The molecule has 2 heterocycles. The molecule has 6 nitrogen and oxygen atoms in total. The first-order valence-corrected chi connectivity index (χ1v) is 7.14. The van der Waals surface area contributed by atoms with Crippen molar-refractivity contribution in [1.82, 2.24) is 19.9 Å². The number of nitrogens with zero attached hydrogens (tertiary/aromatic N) is 4. The Labute approximate surface area is 122 Å². The van der Waals surface area contributed by atoms with Crippen molar-refractivity contribution in [2.45, 2.75) is 43.8 Å². The van der Waals surface area contributed by atoms with E-state index < -0.39 is 0 Å². The number of hydrogen-bond donors (Lipinski definition) is 2. The minimum absolute atomic E-state index is 0.246. The topological polar surface area (TPSA) is 89.6 Å². The SMILES string of the molecule is Cc1cc(C)nc(Sc2ncnc(NN)c2C(C)C)n1. The maximum absolute atomic E-state index is 5.52. The molecule has 106 valence electrons. The Kier molecular flexibility index (Phi) is 4.51. The first kappa shape index (κ1) is 14.7. The van der Waals surface area contributed by atoms with E-state index in [1.165, 1.54) is 18.1 Å². The van der Waals surface area contributed by atoms with Gasteiger partial charge in [0.2, 0.25) is 0 Å². The molecular formula is C13H18N6S. The Hall–Kier alpha value is -1.73. The molecule has 0 saturated heterocycles. The van der Waals surface area contributed by atoms with E-state index in [4.69, 9.17) is 5.84 Å². The number of aryl methyl sites for hydroxylation is 2. The van der Waals surface area contributed by atoms with Gasteiger partial charge in [0.1, 0.15) is 17.2 Å². The number of nitrogens with two attached hydrogens (primary N) is 1. The number of nitrogen functional groups attached to an aromatic ring is 1. The Balaban J connectivity index is 2.42. The first-order chi connectivity index (χ1) is 9.51. The molecule has 3 N–H and O–H groups in total. The normalized spacial score (nSPS) is 10.9. The molecule has 0 aliphatic rings. The van der Waals surface area contributed by atoms with Crippen molar-refractivity contribution in [1.29, 1.82) is 0 Å². The van der Waals surface area contributed by atoms with E-state index in [2.05, 4.69) is 39.2 Å². The average molecular weight is 290 g/mol. The smallest absolute Gasteiger partial charge is 0.194 e. The summed E-state index contributed by atoms with van der Waals surface area (Å²) in [6.07, 6.45) is 1.49. The van der Waals surface area contributed by atoms with E-state index in [9.17, 15) is 0 Å². The maximum Gasteiger partial charge on any atom is 0.194 e. The number of hydrogen-bond acceptors (Lipinski definition) is 7. The van der Waals surface area contributed by atoms with Crippen LogP contribution in [0.4, 0.5) is 5.82 Å². The second-order valence-corrected chi connectivity index (χ2v) is 5.73. The molecule has 0 atom stereocenters. The summed E-state index contributed by atoms with van der Waals surface area (Å²) in [4.78, 5) is 17.3. The van der Waals surface area contributed by atoms with Gasteiger partial charge in [-0.3, -0.25) is 0 Å². The van der Waals surface area contributed by atoms with Gasteiger partial charge in [-0.25, -0.2) is 25.8 Å². The van der Waals surface area contributed by atoms with Crippen LogP contribution in [0.2, 0.25) is 0 Å². The lowest BCUT2D eigenvalue weighted by Gasteiger charge is -2.14. The maximum atomic E-state index is 5.52. The van der Waals surface area contributed by atoms with E-state index in [-0.39, 0.29) is 5.92 Å². The lowest BCUT2D eigenvalue weighted by atomic mass is 10.1. The predicted octanol–water partition coefficient (Wildman–Crippen LogP) is 2.44. The van der Waals surface area contributed by atoms with Gasteiger partial charge >= 0.3 is 0 Å². The molecule has 0 spiro atoms. The predicted molar refractivity (Wildman–Crippen MR) is 79.6 cm³/mol. The Bertz CT molecular complexity index is 594. The number of anilines is 1. The van der Waals surface area contributed by atoms with Crippen LogP contribution in [-0.2, 0) is 0 Å². The minimum atomic E-state index is 0.246. The van der Waals surface area contributed by atoms with Crippen LogP contribution in [-0.4, -0.2) is 19.9 Å². The Morgan fingerprint density at radius 3 is 2.35 bits per heavy atom. The van der Waals surface area contributed by atoms with Crippen LogP contribution in [0, 0.1) is 13.8 Å². The highest BCUT2D eigenvalue weighted by Crippen LogP contribution is 2.33. The molecule has 2 rings (SSSR count).